The van der Waals surface area contributed by atoms with Crippen molar-refractivity contribution in [2.24, 2.45) is 5.41 Å². The normalized spacial score (nSPS) is 17.4. The molecule has 3 aromatic heterocycles. The molecular weight excluding hydrogens is 422 g/mol. The van der Waals surface area contributed by atoms with Crippen molar-refractivity contribution >= 4 is 0 Å². The molecule has 1 N–H and O–H groups in total. The highest BCUT2D eigenvalue weighted by molar-refractivity contribution is 5.58. The first kappa shape index (κ1) is 22.4. The molecule has 1 atom stereocenters. The summed E-state index contributed by atoms with van der Waals surface area (Å²) < 4.78 is 1.93. The summed E-state index contributed by atoms with van der Waals surface area (Å²) in [5.41, 5.74) is 3.24. The Morgan fingerprint density at radius 2 is 1.79 bits per heavy atom. The van der Waals surface area contributed by atoms with Gasteiger partial charge in [-0.2, -0.15) is 5.10 Å². The predicted molar refractivity (Wildman–Crippen MR) is 134 cm³/mol. The number of likely N-dealkylation sites (tertiary alicyclic amines) is 1. The Hall–Kier alpha value is -3.35. The number of benzene rings is 1. The Labute approximate surface area is 200 Å². The minimum Gasteiger partial charge on any atom is -0.380 e. The summed E-state index contributed by atoms with van der Waals surface area (Å²) in [6, 6.07) is 18.2. The van der Waals surface area contributed by atoms with Crippen LogP contribution < -0.4 is 0 Å². The molecule has 4 heterocycles. The van der Waals surface area contributed by atoms with Gasteiger partial charge in [-0.25, -0.2) is 0 Å². The molecular formula is C28H31N5O. The second kappa shape index (κ2) is 8.46. The molecule has 34 heavy (non-hydrogen) atoms. The number of rotatable bonds is 6. The van der Waals surface area contributed by atoms with Crippen LogP contribution in [-0.4, -0.2) is 49.9 Å². The molecule has 4 aromatic rings. The van der Waals surface area contributed by atoms with Gasteiger partial charge in [0.1, 0.15) is 5.60 Å². The summed E-state index contributed by atoms with van der Waals surface area (Å²) in [6.07, 6.45) is 7.43. The van der Waals surface area contributed by atoms with Gasteiger partial charge in [0, 0.05) is 48.2 Å². The standard InChI is InChI=1S/C28H31N5O/c1-20(2)21-8-10-23(11-9-21)28(34,27(3)18-32(4)19-27)24-15-26(31-30-16-24)33-14-12-22(17-33)25-7-5-6-13-29-25/h5-17,20,34H,18-19H2,1-4H3/t28-/m0/s1. The first-order valence-corrected chi connectivity index (χ1v) is 11.7. The van der Waals surface area contributed by atoms with Crippen LogP contribution in [-0.2, 0) is 5.60 Å². The maximum Gasteiger partial charge on any atom is 0.159 e. The van der Waals surface area contributed by atoms with Gasteiger partial charge in [-0.3, -0.25) is 4.98 Å². The topological polar surface area (TPSA) is 67.1 Å². The molecule has 0 spiro atoms. The maximum atomic E-state index is 12.4. The van der Waals surface area contributed by atoms with Crippen LogP contribution in [0.15, 0.2) is 79.4 Å². The Balaban J connectivity index is 1.57. The van der Waals surface area contributed by atoms with Gasteiger partial charge in [-0.15, -0.1) is 5.10 Å². The Bertz CT molecular complexity index is 1280. The lowest BCUT2D eigenvalue weighted by Gasteiger charge is -2.55. The summed E-state index contributed by atoms with van der Waals surface area (Å²) in [5.74, 6) is 1.09. The highest BCUT2D eigenvalue weighted by atomic mass is 16.3. The predicted octanol–water partition coefficient (Wildman–Crippen LogP) is 4.64. The third-order valence-corrected chi connectivity index (χ3v) is 7.08. The van der Waals surface area contributed by atoms with Gasteiger partial charge in [-0.1, -0.05) is 51.1 Å². The molecule has 0 saturated carbocycles. The first-order valence-electron chi connectivity index (χ1n) is 11.7. The fraction of sp³-hybridized carbons (Fsp3) is 0.321. The van der Waals surface area contributed by atoms with Crippen molar-refractivity contribution in [3.05, 3.63) is 96.1 Å². The van der Waals surface area contributed by atoms with Gasteiger partial charge in [0.2, 0.25) is 0 Å². The molecule has 0 amide bonds. The molecule has 6 nitrogen and oxygen atoms in total. The van der Waals surface area contributed by atoms with Crippen molar-refractivity contribution in [3.63, 3.8) is 0 Å². The molecule has 1 fully saturated rings. The Kier molecular flexibility index (Phi) is 5.58. The van der Waals surface area contributed by atoms with Crippen LogP contribution in [0.25, 0.3) is 17.1 Å². The number of aromatic nitrogens is 4. The molecule has 1 saturated heterocycles. The SMILES string of the molecule is CC(C)c1ccc([C@](O)(c2cnnc(-n3ccc(-c4ccccn4)c3)c2)C2(C)CN(C)C2)cc1. The molecule has 6 heteroatoms. The molecule has 0 unspecified atom stereocenters. The van der Waals surface area contributed by atoms with Crippen molar-refractivity contribution in [2.45, 2.75) is 32.3 Å². The zero-order chi connectivity index (χ0) is 23.9. The lowest BCUT2D eigenvalue weighted by molar-refractivity contribution is -0.127. The number of aliphatic hydroxyl groups is 1. The van der Waals surface area contributed by atoms with Crippen LogP contribution in [0.2, 0.25) is 0 Å². The van der Waals surface area contributed by atoms with E-state index in [1.54, 1.807) is 12.4 Å². The van der Waals surface area contributed by atoms with Crippen molar-refractivity contribution in [1.82, 2.24) is 24.6 Å². The third kappa shape index (κ3) is 3.73. The monoisotopic (exact) mass is 453 g/mol. The van der Waals surface area contributed by atoms with Gasteiger partial charge in [0.05, 0.1) is 11.9 Å². The number of hydrogen-bond acceptors (Lipinski definition) is 5. The molecule has 1 aliphatic rings. The summed E-state index contributed by atoms with van der Waals surface area (Å²) in [6.45, 7) is 8.09. The zero-order valence-corrected chi connectivity index (χ0v) is 20.2. The van der Waals surface area contributed by atoms with E-state index in [4.69, 9.17) is 0 Å². The second-order valence-corrected chi connectivity index (χ2v) is 10.0. The van der Waals surface area contributed by atoms with Gasteiger partial charge in [0.15, 0.2) is 5.82 Å². The molecule has 1 aromatic carbocycles. The van der Waals surface area contributed by atoms with Crippen molar-refractivity contribution < 1.29 is 5.11 Å². The summed E-state index contributed by atoms with van der Waals surface area (Å²) in [7, 11) is 2.08. The summed E-state index contributed by atoms with van der Waals surface area (Å²) >= 11 is 0. The number of pyridine rings is 1. The minimum atomic E-state index is -1.20. The van der Waals surface area contributed by atoms with E-state index in [0.29, 0.717) is 11.7 Å². The van der Waals surface area contributed by atoms with Crippen LogP contribution in [0, 0.1) is 5.41 Å². The van der Waals surface area contributed by atoms with E-state index in [1.807, 2.05) is 47.3 Å². The van der Waals surface area contributed by atoms with Gasteiger partial charge >= 0.3 is 0 Å². The van der Waals surface area contributed by atoms with Crippen LogP contribution >= 0.6 is 0 Å². The maximum absolute atomic E-state index is 12.4. The van der Waals surface area contributed by atoms with E-state index < -0.39 is 5.60 Å². The Morgan fingerprint density at radius 3 is 2.44 bits per heavy atom. The third-order valence-electron chi connectivity index (χ3n) is 7.08. The average Bonchev–Trinajstić information content (AvgIpc) is 3.34. The van der Waals surface area contributed by atoms with Crippen molar-refractivity contribution in [3.8, 4) is 17.1 Å². The lowest BCUT2D eigenvalue weighted by atomic mass is 9.62. The molecule has 0 aliphatic carbocycles. The van der Waals surface area contributed by atoms with E-state index >= 15 is 0 Å². The fourth-order valence-electron chi connectivity index (χ4n) is 5.25. The van der Waals surface area contributed by atoms with E-state index in [9.17, 15) is 5.11 Å². The lowest BCUT2D eigenvalue weighted by Crippen LogP contribution is -2.63. The molecule has 174 valence electrons. The van der Waals surface area contributed by atoms with Gasteiger partial charge in [0.25, 0.3) is 0 Å². The summed E-state index contributed by atoms with van der Waals surface area (Å²) in [5, 5.41) is 21.1. The van der Waals surface area contributed by atoms with E-state index in [0.717, 1.165) is 35.5 Å². The van der Waals surface area contributed by atoms with Crippen LogP contribution in [0.5, 0.6) is 0 Å². The Morgan fingerprint density at radius 1 is 1.03 bits per heavy atom. The zero-order valence-electron chi connectivity index (χ0n) is 20.2. The minimum absolute atomic E-state index is 0.350. The van der Waals surface area contributed by atoms with Crippen LogP contribution in [0.4, 0.5) is 0 Å². The fourth-order valence-corrected chi connectivity index (χ4v) is 5.25. The van der Waals surface area contributed by atoms with Crippen LogP contribution in [0.3, 0.4) is 0 Å². The number of nitrogens with zero attached hydrogens (tertiary/aromatic N) is 5. The average molecular weight is 454 g/mol. The first-order chi connectivity index (χ1) is 16.3. The molecule has 0 radical (unpaired) electrons. The highest BCUT2D eigenvalue weighted by Gasteiger charge is 2.55. The van der Waals surface area contributed by atoms with Gasteiger partial charge in [-0.05, 0) is 48.4 Å². The molecule has 1 aliphatic heterocycles. The largest absolute Gasteiger partial charge is 0.380 e. The second-order valence-electron chi connectivity index (χ2n) is 10.0. The molecule has 0 bridgehead atoms. The number of hydrogen-bond donors (Lipinski definition) is 1. The van der Waals surface area contributed by atoms with E-state index in [1.165, 1.54) is 5.56 Å². The quantitative estimate of drug-likeness (QED) is 0.461. The highest BCUT2D eigenvalue weighted by Crippen LogP contribution is 2.50. The van der Waals surface area contributed by atoms with Crippen molar-refractivity contribution in [1.29, 1.82) is 0 Å². The van der Waals surface area contributed by atoms with Gasteiger partial charge < -0.3 is 14.6 Å². The van der Waals surface area contributed by atoms with E-state index in [2.05, 4.69) is 72.2 Å². The smallest absolute Gasteiger partial charge is 0.159 e. The summed E-state index contributed by atoms with van der Waals surface area (Å²) in [4.78, 5) is 6.67. The van der Waals surface area contributed by atoms with Crippen molar-refractivity contribution in [2.75, 3.05) is 20.1 Å². The van der Waals surface area contributed by atoms with Crippen LogP contribution in [0.1, 0.15) is 43.4 Å². The molecule has 5 rings (SSSR count). The van der Waals surface area contributed by atoms with E-state index in [-0.39, 0.29) is 5.41 Å².